The lowest BCUT2D eigenvalue weighted by Crippen LogP contribution is -2.26. The molecule has 2 heterocycles. The van der Waals surface area contributed by atoms with Crippen LogP contribution in [0.1, 0.15) is 28.9 Å². The number of halogens is 1. The highest BCUT2D eigenvalue weighted by molar-refractivity contribution is 6.32. The van der Waals surface area contributed by atoms with Crippen molar-refractivity contribution in [1.29, 1.82) is 0 Å². The summed E-state index contributed by atoms with van der Waals surface area (Å²) in [7, 11) is 0. The van der Waals surface area contributed by atoms with Gasteiger partial charge in [-0.3, -0.25) is 9.89 Å². The van der Waals surface area contributed by atoms with E-state index in [1.54, 1.807) is 12.4 Å². The standard InChI is InChI=1S/C10H10ClN3O2/c1-6(7-4-12-13-5-7)14-10(15)8-2-3-16-9(8)11/h2-6H,1H3,(H,12,13)(H,14,15). The molecule has 2 aromatic heterocycles. The van der Waals surface area contributed by atoms with Crippen molar-refractivity contribution in [2.75, 3.05) is 0 Å². The molecule has 0 saturated heterocycles. The molecular weight excluding hydrogens is 230 g/mol. The van der Waals surface area contributed by atoms with Crippen LogP contribution in [-0.2, 0) is 0 Å². The van der Waals surface area contributed by atoms with E-state index >= 15 is 0 Å². The Bertz CT molecular complexity index is 478. The molecule has 2 N–H and O–H groups in total. The minimum Gasteiger partial charge on any atom is -0.452 e. The van der Waals surface area contributed by atoms with E-state index in [4.69, 9.17) is 16.0 Å². The Morgan fingerprint density at radius 3 is 3.06 bits per heavy atom. The summed E-state index contributed by atoms with van der Waals surface area (Å²) in [4.78, 5) is 11.7. The molecule has 16 heavy (non-hydrogen) atoms. The largest absolute Gasteiger partial charge is 0.452 e. The minimum absolute atomic E-state index is 0.0943. The molecule has 2 aromatic rings. The molecule has 0 aliphatic rings. The molecule has 0 aliphatic heterocycles. The normalized spacial score (nSPS) is 12.4. The summed E-state index contributed by atoms with van der Waals surface area (Å²) in [5.74, 6) is -0.271. The number of aromatic nitrogens is 2. The Morgan fingerprint density at radius 2 is 2.50 bits per heavy atom. The van der Waals surface area contributed by atoms with E-state index in [0.29, 0.717) is 5.56 Å². The maximum absolute atomic E-state index is 11.7. The van der Waals surface area contributed by atoms with Crippen molar-refractivity contribution in [3.8, 4) is 0 Å². The fraction of sp³-hybridized carbons (Fsp3) is 0.200. The highest BCUT2D eigenvalue weighted by atomic mass is 35.5. The van der Waals surface area contributed by atoms with Crippen molar-refractivity contribution >= 4 is 17.5 Å². The Hall–Kier alpha value is -1.75. The molecule has 6 heteroatoms. The molecule has 0 aromatic carbocycles. The van der Waals surface area contributed by atoms with Crippen LogP contribution in [0.15, 0.2) is 29.1 Å². The summed E-state index contributed by atoms with van der Waals surface area (Å²) in [6.45, 7) is 1.86. The topological polar surface area (TPSA) is 70.9 Å². The van der Waals surface area contributed by atoms with Gasteiger partial charge in [0.25, 0.3) is 5.91 Å². The van der Waals surface area contributed by atoms with Gasteiger partial charge < -0.3 is 9.73 Å². The Kier molecular flexibility index (Phi) is 2.96. The highest BCUT2D eigenvalue weighted by Crippen LogP contribution is 2.18. The SMILES string of the molecule is CC(NC(=O)c1ccoc1Cl)c1cn[nH]c1. The van der Waals surface area contributed by atoms with Crippen LogP contribution in [0.3, 0.4) is 0 Å². The van der Waals surface area contributed by atoms with Crippen LogP contribution in [-0.4, -0.2) is 16.1 Å². The van der Waals surface area contributed by atoms with Crippen molar-refractivity contribution < 1.29 is 9.21 Å². The third-order valence-electron chi connectivity index (χ3n) is 2.23. The van der Waals surface area contributed by atoms with Crippen LogP contribution >= 0.6 is 11.6 Å². The van der Waals surface area contributed by atoms with E-state index < -0.39 is 0 Å². The number of carbonyl (C=O) groups excluding carboxylic acids is 1. The van der Waals surface area contributed by atoms with Crippen LogP contribution < -0.4 is 5.32 Å². The molecule has 0 radical (unpaired) electrons. The lowest BCUT2D eigenvalue weighted by atomic mass is 10.2. The Morgan fingerprint density at radius 1 is 1.69 bits per heavy atom. The predicted octanol–water partition coefficient (Wildman–Crippen LogP) is 2.15. The number of nitrogens with zero attached hydrogens (tertiary/aromatic N) is 1. The maximum Gasteiger partial charge on any atom is 0.256 e. The molecule has 84 valence electrons. The Balaban J connectivity index is 2.06. The molecule has 5 nitrogen and oxygen atoms in total. The summed E-state index contributed by atoms with van der Waals surface area (Å²) in [5, 5.41) is 9.37. The molecule has 1 unspecified atom stereocenters. The van der Waals surface area contributed by atoms with E-state index in [0.717, 1.165) is 5.56 Å². The van der Waals surface area contributed by atoms with Gasteiger partial charge >= 0.3 is 0 Å². The molecule has 0 fully saturated rings. The first-order valence-electron chi connectivity index (χ1n) is 4.71. The lowest BCUT2D eigenvalue weighted by molar-refractivity contribution is 0.0939. The summed E-state index contributed by atoms with van der Waals surface area (Å²) in [5.41, 5.74) is 1.23. The van der Waals surface area contributed by atoms with Crippen molar-refractivity contribution in [3.05, 3.63) is 41.1 Å². The molecule has 0 aliphatic carbocycles. The first kappa shape index (κ1) is 10.8. The van der Waals surface area contributed by atoms with Gasteiger partial charge in [-0.2, -0.15) is 5.10 Å². The van der Waals surface area contributed by atoms with Gasteiger partial charge in [-0.05, 0) is 24.6 Å². The van der Waals surface area contributed by atoms with Crippen LogP contribution in [0.4, 0.5) is 0 Å². The summed E-state index contributed by atoms with van der Waals surface area (Å²) in [6.07, 6.45) is 4.75. The first-order chi connectivity index (χ1) is 7.68. The summed E-state index contributed by atoms with van der Waals surface area (Å²) in [6, 6.07) is 1.39. The second kappa shape index (κ2) is 4.40. The second-order valence-corrected chi connectivity index (χ2v) is 3.68. The van der Waals surface area contributed by atoms with E-state index in [9.17, 15) is 4.79 Å². The fourth-order valence-electron chi connectivity index (χ4n) is 1.31. The van der Waals surface area contributed by atoms with Gasteiger partial charge in [-0.25, -0.2) is 0 Å². The predicted molar refractivity (Wildman–Crippen MR) is 58.2 cm³/mol. The van der Waals surface area contributed by atoms with Gasteiger partial charge in [0, 0.05) is 11.8 Å². The average molecular weight is 240 g/mol. The number of hydrogen-bond acceptors (Lipinski definition) is 3. The number of hydrogen-bond donors (Lipinski definition) is 2. The number of nitrogens with one attached hydrogen (secondary N) is 2. The number of aromatic amines is 1. The molecule has 1 amide bonds. The smallest absolute Gasteiger partial charge is 0.256 e. The van der Waals surface area contributed by atoms with Crippen LogP contribution in [0.5, 0.6) is 0 Å². The van der Waals surface area contributed by atoms with Gasteiger partial charge in [0.1, 0.15) is 0 Å². The van der Waals surface area contributed by atoms with Gasteiger partial charge in [-0.1, -0.05) is 0 Å². The van der Waals surface area contributed by atoms with E-state index in [-0.39, 0.29) is 17.2 Å². The number of H-pyrrole nitrogens is 1. The lowest BCUT2D eigenvalue weighted by Gasteiger charge is -2.10. The van der Waals surface area contributed by atoms with Crippen molar-refractivity contribution in [2.45, 2.75) is 13.0 Å². The zero-order valence-electron chi connectivity index (χ0n) is 8.53. The van der Waals surface area contributed by atoms with Crippen LogP contribution in [0, 0.1) is 0 Å². The molecule has 1 atom stereocenters. The zero-order valence-corrected chi connectivity index (χ0v) is 9.28. The summed E-state index contributed by atoms with van der Waals surface area (Å²) < 4.78 is 4.84. The third-order valence-corrected chi connectivity index (χ3v) is 2.52. The molecule has 0 saturated carbocycles. The number of furan rings is 1. The zero-order chi connectivity index (χ0) is 11.5. The maximum atomic E-state index is 11.7. The second-order valence-electron chi connectivity index (χ2n) is 3.33. The van der Waals surface area contributed by atoms with Crippen LogP contribution in [0.2, 0.25) is 5.22 Å². The van der Waals surface area contributed by atoms with Crippen molar-refractivity contribution in [1.82, 2.24) is 15.5 Å². The highest BCUT2D eigenvalue weighted by Gasteiger charge is 2.16. The first-order valence-corrected chi connectivity index (χ1v) is 5.09. The Labute approximate surface area is 96.8 Å². The number of carbonyl (C=O) groups is 1. The van der Waals surface area contributed by atoms with Gasteiger partial charge in [0.2, 0.25) is 5.22 Å². The van der Waals surface area contributed by atoms with Crippen molar-refractivity contribution in [2.24, 2.45) is 0 Å². The minimum atomic E-state index is -0.271. The fourth-order valence-corrected chi connectivity index (χ4v) is 1.51. The van der Waals surface area contributed by atoms with Crippen LogP contribution in [0.25, 0.3) is 0 Å². The molecule has 2 rings (SSSR count). The quantitative estimate of drug-likeness (QED) is 0.862. The monoisotopic (exact) mass is 239 g/mol. The molecule has 0 bridgehead atoms. The third kappa shape index (κ3) is 2.09. The average Bonchev–Trinajstić information content (AvgIpc) is 2.86. The van der Waals surface area contributed by atoms with Crippen molar-refractivity contribution in [3.63, 3.8) is 0 Å². The molecular formula is C10H10ClN3O2. The van der Waals surface area contributed by atoms with Gasteiger partial charge in [0.15, 0.2) is 0 Å². The van der Waals surface area contributed by atoms with Gasteiger partial charge in [0.05, 0.1) is 24.1 Å². The van der Waals surface area contributed by atoms with E-state index in [1.807, 2.05) is 6.92 Å². The summed E-state index contributed by atoms with van der Waals surface area (Å²) >= 11 is 5.70. The van der Waals surface area contributed by atoms with Gasteiger partial charge in [-0.15, -0.1) is 0 Å². The number of rotatable bonds is 3. The van der Waals surface area contributed by atoms with E-state index in [2.05, 4.69) is 15.5 Å². The molecule has 0 spiro atoms. The number of amides is 1. The van der Waals surface area contributed by atoms with E-state index in [1.165, 1.54) is 12.3 Å².